The van der Waals surface area contributed by atoms with E-state index in [0.29, 0.717) is 6.04 Å². The van der Waals surface area contributed by atoms with Crippen LogP contribution < -0.4 is 5.32 Å². The SMILES string of the molecule is CC(C(=O)N(C)C1CNC1)n1cccn1. The van der Waals surface area contributed by atoms with Gasteiger partial charge in [-0.15, -0.1) is 0 Å². The minimum atomic E-state index is -0.217. The number of carbonyl (C=O) groups excluding carboxylic acids is 1. The first kappa shape index (κ1) is 10.2. The maximum atomic E-state index is 12.0. The number of carbonyl (C=O) groups is 1. The van der Waals surface area contributed by atoms with Gasteiger partial charge in [0.25, 0.3) is 0 Å². The van der Waals surface area contributed by atoms with E-state index in [9.17, 15) is 4.79 Å². The Kier molecular flexibility index (Phi) is 2.73. The number of likely N-dealkylation sites (N-methyl/N-ethyl adjacent to an activating group) is 1. The van der Waals surface area contributed by atoms with Crippen molar-refractivity contribution >= 4 is 5.91 Å². The van der Waals surface area contributed by atoms with Gasteiger partial charge >= 0.3 is 0 Å². The van der Waals surface area contributed by atoms with E-state index in [4.69, 9.17) is 0 Å². The monoisotopic (exact) mass is 208 g/mol. The van der Waals surface area contributed by atoms with Crippen LogP contribution in [0.25, 0.3) is 0 Å². The molecule has 15 heavy (non-hydrogen) atoms. The van der Waals surface area contributed by atoms with Crippen molar-refractivity contribution in [3.8, 4) is 0 Å². The van der Waals surface area contributed by atoms with Crippen molar-refractivity contribution in [2.75, 3.05) is 20.1 Å². The first-order chi connectivity index (χ1) is 7.20. The predicted octanol–water partition coefficient (Wildman–Crippen LogP) is -0.126. The highest BCUT2D eigenvalue weighted by Gasteiger charge is 2.28. The molecular formula is C10H16N4O. The molecule has 1 aliphatic heterocycles. The predicted molar refractivity (Wildman–Crippen MR) is 56.4 cm³/mol. The minimum absolute atomic E-state index is 0.116. The third-order valence-electron chi connectivity index (χ3n) is 2.93. The van der Waals surface area contributed by atoms with Gasteiger partial charge in [0.1, 0.15) is 6.04 Å². The summed E-state index contributed by atoms with van der Waals surface area (Å²) in [5, 5.41) is 7.23. The van der Waals surface area contributed by atoms with E-state index < -0.39 is 0 Å². The number of nitrogens with zero attached hydrogens (tertiary/aromatic N) is 3. The summed E-state index contributed by atoms with van der Waals surface area (Å²) < 4.78 is 1.69. The number of hydrogen-bond donors (Lipinski definition) is 1. The molecule has 0 saturated carbocycles. The molecular weight excluding hydrogens is 192 g/mol. The van der Waals surface area contributed by atoms with Gasteiger partial charge in [-0.3, -0.25) is 9.48 Å². The molecule has 2 heterocycles. The van der Waals surface area contributed by atoms with Crippen molar-refractivity contribution in [1.82, 2.24) is 20.0 Å². The summed E-state index contributed by atoms with van der Waals surface area (Å²) in [6.07, 6.45) is 3.50. The molecule has 1 aromatic rings. The molecule has 0 spiro atoms. The second-order valence-electron chi connectivity index (χ2n) is 3.92. The van der Waals surface area contributed by atoms with Gasteiger partial charge in [-0.2, -0.15) is 5.10 Å². The molecule has 1 fully saturated rings. The summed E-state index contributed by atoms with van der Waals surface area (Å²) in [4.78, 5) is 13.8. The van der Waals surface area contributed by atoms with E-state index in [1.807, 2.05) is 31.1 Å². The van der Waals surface area contributed by atoms with Crippen LogP contribution in [0.5, 0.6) is 0 Å². The van der Waals surface area contributed by atoms with Gasteiger partial charge in [0.2, 0.25) is 5.91 Å². The zero-order valence-electron chi connectivity index (χ0n) is 9.05. The molecule has 5 heteroatoms. The lowest BCUT2D eigenvalue weighted by molar-refractivity contribution is -0.136. The van der Waals surface area contributed by atoms with Gasteiger partial charge in [-0.05, 0) is 13.0 Å². The van der Waals surface area contributed by atoms with E-state index in [2.05, 4.69) is 10.4 Å². The highest BCUT2D eigenvalue weighted by atomic mass is 16.2. The summed E-state index contributed by atoms with van der Waals surface area (Å²) in [6.45, 7) is 3.67. The van der Waals surface area contributed by atoms with Gasteiger partial charge in [-0.1, -0.05) is 0 Å². The van der Waals surface area contributed by atoms with Crippen LogP contribution in [0.4, 0.5) is 0 Å². The minimum Gasteiger partial charge on any atom is -0.338 e. The van der Waals surface area contributed by atoms with Gasteiger partial charge in [0.05, 0.1) is 6.04 Å². The zero-order chi connectivity index (χ0) is 10.8. The lowest BCUT2D eigenvalue weighted by atomic mass is 10.1. The number of hydrogen-bond acceptors (Lipinski definition) is 3. The summed E-state index contributed by atoms with van der Waals surface area (Å²) in [7, 11) is 1.86. The van der Waals surface area contributed by atoms with E-state index in [0.717, 1.165) is 13.1 Å². The Morgan fingerprint density at radius 1 is 1.67 bits per heavy atom. The van der Waals surface area contributed by atoms with Crippen LogP contribution in [-0.2, 0) is 4.79 Å². The molecule has 0 aromatic carbocycles. The molecule has 1 amide bonds. The molecule has 0 bridgehead atoms. The Bertz CT molecular complexity index is 331. The highest BCUT2D eigenvalue weighted by Crippen LogP contribution is 2.11. The quantitative estimate of drug-likeness (QED) is 0.753. The molecule has 1 aliphatic rings. The number of nitrogens with one attached hydrogen (secondary N) is 1. The van der Waals surface area contributed by atoms with Crippen molar-refractivity contribution in [3.05, 3.63) is 18.5 Å². The molecule has 2 rings (SSSR count). The van der Waals surface area contributed by atoms with E-state index in [1.165, 1.54) is 0 Å². The molecule has 5 nitrogen and oxygen atoms in total. The van der Waals surface area contributed by atoms with E-state index in [-0.39, 0.29) is 11.9 Å². The average molecular weight is 208 g/mol. The van der Waals surface area contributed by atoms with Gasteiger partial charge < -0.3 is 10.2 Å². The third-order valence-corrected chi connectivity index (χ3v) is 2.93. The zero-order valence-corrected chi connectivity index (χ0v) is 9.05. The van der Waals surface area contributed by atoms with Crippen LogP contribution in [0.15, 0.2) is 18.5 Å². The summed E-state index contributed by atoms with van der Waals surface area (Å²) in [6, 6.07) is 1.95. The van der Waals surface area contributed by atoms with E-state index >= 15 is 0 Å². The Hall–Kier alpha value is -1.36. The Morgan fingerprint density at radius 3 is 2.87 bits per heavy atom. The third kappa shape index (κ3) is 1.87. The smallest absolute Gasteiger partial charge is 0.247 e. The van der Waals surface area contributed by atoms with Gasteiger partial charge in [0, 0.05) is 32.5 Å². The number of aromatic nitrogens is 2. The maximum absolute atomic E-state index is 12.0. The maximum Gasteiger partial charge on any atom is 0.247 e. The fourth-order valence-corrected chi connectivity index (χ4v) is 1.64. The number of amides is 1. The molecule has 1 aromatic heterocycles. The van der Waals surface area contributed by atoms with Crippen molar-refractivity contribution in [2.45, 2.75) is 19.0 Å². The highest BCUT2D eigenvalue weighted by molar-refractivity contribution is 5.80. The molecule has 1 unspecified atom stereocenters. The Morgan fingerprint density at radius 2 is 2.40 bits per heavy atom. The van der Waals surface area contributed by atoms with Crippen LogP contribution in [0.1, 0.15) is 13.0 Å². The van der Waals surface area contributed by atoms with Gasteiger partial charge in [-0.25, -0.2) is 0 Å². The molecule has 0 aliphatic carbocycles. The Labute approximate surface area is 89.1 Å². The molecule has 1 atom stereocenters. The lowest BCUT2D eigenvalue weighted by Gasteiger charge is -2.36. The number of rotatable bonds is 3. The van der Waals surface area contributed by atoms with Crippen LogP contribution in [0.3, 0.4) is 0 Å². The second kappa shape index (κ2) is 4.02. The van der Waals surface area contributed by atoms with Crippen LogP contribution >= 0.6 is 0 Å². The van der Waals surface area contributed by atoms with Crippen molar-refractivity contribution < 1.29 is 4.79 Å². The van der Waals surface area contributed by atoms with Crippen LogP contribution in [-0.4, -0.2) is 46.8 Å². The molecule has 1 N–H and O–H groups in total. The van der Waals surface area contributed by atoms with Crippen LogP contribution in [0, 0.1) is 0 Å². The normalized spacial score (nSPS) is 18.3. The first-order valence-electron chi connectivity index (χ1n) is 5.16. The van der Waals surface area contributed by atoms with Crippen molar-refractivity contribution in [3.63, 3.8) is 0 Å². The fraction of sp³-hybridized carbons (Fsp3) is 0.600. The molecule has 1 saturated heterocycles. The molecule has 82 valence electrons. The topological polar surface area (TPSA) is 50.2 Å². The lowest BCUT2D eigenvalue weighted by Crippen LogP contribution is -2.58. The second-order valence-corrected chi connectivity index (χ2v) is 3.92. The largest absolute Gasteiger partial charge is 0.338 e. The summed E-state index contributed by atoms with van der Waals surface area (Å²) in [5.74, 6) is 0.116. The first-order valence-corrected chi connectivity index (χ1v) is 5.16. The van der Waals surface area contributed by atoms with Crippen LogP contribution in [0.2, 0.25) is 0 Å². The Balaban J connectivity index is 2.00. The van der Waals surface area contributed by atoms with Crippen molar-refractivity contribution in [1.29, 1.82) is 0 Å². The van der Waals surface area contributed by atoms with Crippen molar-refractivity contribution in [2.24, 2.45) is 0 Å². The standard InChI is InChI=1S/C10H16N4O/c1-8(14-5-3-4-12-14)10(15)13(2)9-6-11-7-9/h3-5,8-9,11H,6-7H2,1-2H3. The average Bonchev–Trinajstić information content (AvgIpc) is 2.65. The summed E-state index contributed by atoms with van der Waals surface area (Å²) >= 11 is 0. The van der Waals surface area contributed by atoms with E-state index in [1.54, 1.807) is 10.9 Å². The van der Waals surface area contributed by atoms with Gasteiger partial charge in [0.15, 0.2) is 0 Å². The molecule has 0 radical (unpaired) electrons. The fourth-order valence-electron chi connectivity index (χ4n) is 1.64. The summed E-state index contributed by atoms with van der Waals surface area (Å²) in [5.41, 5.74) is 0.